The Morgan fingerprint density at radius 1 is 1.22 bits per heavy atom. The first kappa shape index (κ1) is 16.1. The number of rotatable bonds is 3. The van der Waals surface area contributed by atoms with Crippen molar-refractivity contribution in [2.24, 2.45) is 0 Å². The number of halogens is 1. The Morgan fingerprint density at radius 2 is 1.96 bits per heavy atom. The normalized spacial score (nSPS) is 17.1. The summed E-state index contributed by atoms with van der Waals surface area (Å²) in [6, 6.07) is 16.0. The molecule has 1 fully saturated rings. The van der Waals surface area contributed by atoms with E-state index in [0.29, 0.717) is 5.11 Å². The third-order valence-electron chi connectivity index (χ3n) is 4.13. The molecule has 3 rings (SSSR count). The number of hydrogen-bond acceptors (Lipinski definition) is 2. The molecule has 0 saturated carbocycles. The fraction of sp³-hybridized carbons (Fsp3) is 0.278. The van der Waals surface area contributed by atoms with Crippen molar-refractivity contribution < 1.29 is 4.74 Å². The van der Waals surface area contributed by atoms with Crippen LogP contribution in [0.25, 0.3) is 0 Å². The van der Waals surface area contributed by atoms with Crippen molar-refractivity contribution in [2.75, 3.05) is 19.0 Å². The highest BCUT2D eigenvalue weighted by molar-refractivity contribution is 7.80. The van der Waals surface area contributed by atoms with E-state index < -0.39 is 0 Å². The van der Waals surface area contributed by atoms with E-state index in [0.717, 1.165) is 41.4 Å². The summed E-state index contributed by atoms with van der Waals surface area (Å²) in [5.74, 6) is 0.781. The van der Waals surface area contributed by atoms with Crippen LogP contribution >= 0.6 is 23.8 Å². The van der Waals surface area contributed by atoms with Gasteiger partial charge in [-0.15, -0.1) is 0 Å². The molecule has 1 aliphatic rings. The first-order valence-electron chi connectivity index (χ1n) is 7.66. The molecule has 1 atom stereocenters. The lowest BCUT2D eigenvalue weighted by Gasteiger charge is -2.28. The van der Waals surface area contributed by atoms with Gasteiger partial charge in [-0.1, -0.05) is 41.9 Å². The molecule has 0 amide bonds. The van der Waals surface area contributed by atoms with Crippen molar-refractivity contribution in [2.45, 2.75) is 18.9 Å². The van der Waals surface area contributed by atoms with Gasteiger partial charge < -0.3 is 15.0 Å². The van der Waals surface area contributed by atoms with E-state index in [1.807, 2.05) is 42.5 Å². The molecule has 1 heterocycles. The van der Waals surface area contributed by atoms with Crippen LogP contribution in [-0.4, -0.2) is 23.7 Å². The number of anilines is 1. The van der Waals surface area contributed by atoms with E-state index >= 15 is 0 Å². The van der Waals surface area contributed by atoms with Crippen molar-refractivity contribution in [1.82, 2.24) is 4.90 Å². The first-order chi connectivity index (χ1) is 11.2. The van der Waals surface area contributed by atoms with Crippen LogP contribution in [0.4, 0.5) is 5.69 Å². The molecule has 0 aromatic heterocycles. The van der Waals surface area contributed by atoms with E-state index in [-0.39, 0.29) is 6.04 Å². The monoisotopic (exact) mass is 346 g/mol. The maximum absolute atomic E-state index is 6.37. The fourth-order valence-electron chi connectivity index (χ4n) is 3.01. The molecule has 3 nitrogen and oxygen atoms in total. The second-order valence-electron chi connectivity index (χ2n) is 5.50. The molecule has 2 aromatic carbocycles. The smallest absolute Gasteiger partial charge is 0.174 e. The summed E-state index contributed by atoms with van der Waals surface area (Å²) in [6.07, 6.45) is 2.15. The van der Waals surface area contributed by atoms with Crippen molar-refractivity contribution in [3.8, 4) is 5.75 Å². The zero-order valence-corrected chi connectivity index (χ0v) is 14.5. The summed E-state index contributed by atoms with van der Waals surface area (Å²) in [5, 5.41) is 4.81. The van der Waals surface area contributed by atoms with Gasteiger partial charge in [-0.25, -0.2) is 0 Å². The number of methoxy groups -OCH3 is 1. The van der Waals surface area contributed by atoms with Gasteiger partial charge >= 0.3 is 0 Å². The summed E-state index contributed by atoms with van der Waals surface area (Å²) in [5.41, 5.74) is 2.01. The first-order valence-corrected chi connectivity index (χ1v) is 8.44. The van der Waals surface area contributed by atoms with E-state index in [9.17, 15) is 0 Å². The average Bonchev–Trinajstić information content (AvgIpc) is 3.05. The number of nitrogens with zero attached hydrogens (tertiary/aromatic N) is 1. The SMILES string of the molecule is COc1ccccc1NC(=S)N1CCC[C@@H]1c1ccccc1Cl. The molecule has 0 spiro atoms. The third-order valence-corrected chi connectivity index (χ3v) is 4.81. The van der Waals surface area contributed by atoms with Crippen LogP contribution in [0.5, 0.6) is 5.75 Å². The highest BCUT2D eigenvalue weighted by Crippen LogP contribution is 2.36. The van der Waals surface area contributed by atoms with Gasteiger partial charge in [-0.2, -0.15) is 0 Å². The molecule has 1 aliphatic heterocycles. The van der Waals surface area contributed by atoms with Crippen molar-refractivity contribution in [1.29, 1.82) is 0 Å². The minimum atomic E-state index is 0.221. The van der Waals surface area contributed by atoms with Crippen LogP contribution in [0, 0.1) is 0 Å². The zero-order chi connectivity index (χ0) is 16.2. The molecular weight excluding hydrogens is 328 g/mol. The van der Waals surface area contributed by atoms with Gasteiger partial charge in [0.1, 0.15) is 5.75 Å². The number of benzene rings is 2. The van der Waals surface area contributed by atoms with Crippen LogP contribution in [0.3, 0.4) is 0 Å². The van der Waals surface area contributed by atoms with E-state index in [1.165, 1.54) is 0 Å². The van der Waals surface area contributed by atoms with Gasteiger partial charge in [0.15, 0.2) is 5.11 Å². The van der Waals surface area contributed by atoms with Gasteiger partial charge in [0.05, 0.1) is 18.8 Å². The summed E-state index contributed by atoms with van der Waals surface area (Å²) >= 11 is 12.0. The fourth-order valence-corrected chi connectivity index (χ4v) is 3.60. The summed E-state index contributed by atoms with van der Waals surface area (Å²) in [4.78, 5) is 2.21. The molecule has 1 saturated heterocycles. The number of thiocarbonyl (C=S) groups is 1. The predicted octanol–water partition coefficient (Wildman–Crippen LogP) is 4.88. The van der Waals surface area contributed by atoms with Gasteiger partial charge in [0.2, 0.25) is 0 Å². The molecule has 2 aromatic rings. The number of ether oxygens (including phenoxy) is 1. The molecular formula is C18H19ClN2OS. The highest BCUT2D eigenvalue weighted by Gasteiger charge is 2.29. The Balaban J connectivity index is 1.80. The second kappa shape index (κ2) is 7.20. The lowest BCUT2D eigenvalue weighted by atomic mass is 10.0. The maximum Gasteiger partial charge on any atom is 0.174 e. The van der Waals surface area contributed by atoms with Gasteiger partial charge in [0, 0.05) is 11.6 Å². The zero-order valence-electron chi connectivity index (χ0n) is 13.0. The largest absolute Gasteiger partial charge is 0.495 e. The van der Waals surface area contributed by atoms with Gasteiger partial charge in [-0.05, 0) is 48.8 Å². The second-order valence-corrected chi connectivity index (χ2v) is 6.30. The molecule has 0 unspecified atom stereocenters. The summed E-state index contributed by atoms with van der Waals surface area (Å²) < 4.78 is 5.38. The Kier molecular flexibility index (Phi) is 5.03. The Labute approximate surface area is 147 Å². The molecule has 0 bridgehead atoms. The minimum Gasteiger partial charge on any atom is -0.495 e. The molecule has 0 radical (unpaired) electrons. The Hall–Kier alpha value is -1.78. The summed E-state index contributed by atoms with van der Waals surface area (Å²) in [6.45, 7) is 0.927. The van der Waals surface area contributed by atoms with E-state index in [4.69, 9.17) is 28.6 Å². The van der Waals surface area contributed by atoms with E-state index in [2.05, 4.69) is 16.3 Å². The van der Waals surface area contributed by atoms with Crippen molar-refractivity contribution in [3.63, 3.8) is 0 Å². The Bertz CT molecular complexity index is 707. The van der Waals surface area contributed by atoms with Crippen LogP contribution in [0.15, 0.2) is 48.5 Å². The molecule has 1 N–H and O–H groups in total. The third kappa shape index (κ3) is 3.43. The van der Waals surface area contributed by atoms with Gasteiger partial charge in [-0.3, -0.25) is 0 Å². The van der Waals surface area contributed by atoms with Crippen LogP contribution < -0.4 is 10.1 Å². The van der Waals surface area contributed by atoms with Crippen LogP contribution in [-0.2, 0) is 0 Å². The number of likely N-dealkylation sites (tertiary alicyclic amines) is 1. The lowest BCUT2D eigenvalue weighted by molar-refractivity contribution is 0.404. The molecule has 5 heteroatoms. The van der Waals surface area contributed by atoms with Crippen molar-refractivity contribution >= 4 is 34.6 Å². The minimum absolute atomic E-state index is 0.221. The highest BCUT2D eigenvalue weighted by atomic mass is 35.5. The summed E-state index contributed by atoms with van der Waals surface area (Å²) in [7, 11) is 1.66. The van der Waals surface area contributed by atoms with E-state index in [1.54, 1.807) is 7.11 Å². The van der Waals surface area contributed by atoms with Crippen molar-refractivity contribution in [3.05, 3.63) is 59.1 Å². The topological polar surface area (TPSA) is 24.5 Å². The molecule has 23 heavy (non-hydrogen) atoms. The predicted molar refractivity (Wildman–Crippen MR) is 99.3 cm³/mol. The Morgan fingerprint density at radius 3 is 2.74 bits per heavy atom. The number of hydrogen-bond donors (Lipinski definition) is 1. The lowest BCUT2D eigenvalue weighted by Crippen LogP contribution is -2.34. The quantitative estimate of drug-likeness (QED) is 0.800. The molecule has 120 valence electrons. The van der Waals surface area contributed by atoms with Gasteiger partial charge in [0.25, 0.3) is 0 Å². The number of nitrogens with one attached hydrogen (secondary N) is 1. The standard InChI is InChI=1S/C18H19ClN2OS/c1-22-17-11-5-4-9-15(17)20-18(23)21-12-6-10-16(21)13-7-2-3-8-14(13)19/h2-5,7-9,11,16H,6,10,12H2,1H3,(H,20,23)/t16-/m1/s1. The van der Waals surface area contributed by atoms with Crippen LogP contribution in [0.1, 0.15) is 24.4 Å². The van der Waals surface area contributed by atoms with Crippen LogP contribution in [0.2, 0.25) is 5.02 Å². The molecule has 0 aliphatic carbocycles. The number of para-hydroxylation sites is 2. The maximum atomic E-state index is 6.37. The average molecular weight is 347 g/mol.